The summed E-state index contributed by atoms with van der Waals surface area (Å²) < 4.78 is 18.8. The summed E-state index contributed by atoms with van der Waals surface area (Å²) in [5.41, 5.74) is 0.710. The average Bonchev–Trinajstić information content (AvgIpc) is 2.48. The summed E-state index contributed by atoms with van der Waals surface area (Å²) in [6, 6.07) is 5.56. The number of ether oxygens (including phenoxy) is 1. The fourth-order valence-corrected chi connectivity index (χ4v) is 2.73. The molecule has 0 amide bonds. The highest BCUT2D eigenvalue weighted by molar-refractivity contribution is 5.28. The van der Waals surface area contributed by atoms with Crippen LogP contribution in [-0.2, 0) is 6.54 Å². The molecule has 20 heavy (non-hydrogen) atoms. The summed E-state index contributed by atoms with van der Waals surface area (Å²) in [6.07, 6.45) is 3.52. The molecule has 0 radical (unpaired) electrons. The molecule has 112 valence electrons. The van der Waals surface area contributed by atoms with E-state index in [1.807, 2.05) is 6.07 Å². The molecule has 1 fully saturated rings. The standard InChI is InChI=1S/C16H25FN2O/c1-3-8-19-9-6-14(7-10-19)18-12-13-4-5-15(20-2)11-16(13)17/h4-5,11,14,18H,3,6-10,12H2,1-2H3. The van der Waals surface area contributed by atoms with Crippen molar-refractivity contribution in [3.05, 3.63) is 29.6 Å². The van der Waals surface area contributed by atoms with Gasteiger partial charge in [-0.15, -0.1) is 0 Å². The molecule has 4 heteroatoms. The fourth-order valence-electron chi connectivity index (χ4n) is 2.73. The monoisotopic (exact) mass is 280 g/mol. The third-order valence-electron chi connectivity index (χ3n) is 3.97. The van der Waals surface area contributed by atoms with Crippen LogP contribution in [0.15, 0.2) is 18.2 Å². The van der Waals surface area contributed by atoms with Crippen LogP contribution in [0.25, 0.3) is 0 Å². The van der Waals surface area contributed by atoms with Crippen LogP contribution in [0.5, 0.6) is 5.75 Å². The van der Waals surface area contributed by atoms with Crippen molar-refractivity contribution in [3.63, 3.8) is 0 Å². The van der Waals surface area contributed by atoms with E-state index in [1.165, 1.54) is 19.0 Å². The largest absolute Gasteiger partial charge is 0.497 e. The number of halogens is 1. The molecule has 1 heterocycles. The molecule has 0 saturated carbocycles. The van der Waals surface area contributed by atoms with Gasteiger partial charge in [0.05, 0.1) is 7.11 Å². The van der Waals surface area contributed by atoms with Gasteiger partial charge in [0.15, 0.2) is 0 Å². The molecule has 0 spiro atoms. The first-order chi connectivity index (χ1) is 9.72. The first-order valence-electron chi connectivity index (χ1n) is 7.51. The Morgan fingerprint density at radius 2 is 2.10 bits per heavy atom. The second-order valence-corrected chi connectivity index (χ2v) is 5.45. The second kappa shape index (κ2) is 7.60. The molecule has 2 rings (SSSR count). The molecule has 0 unspecified atom stereocenters. The summed E-state index contributed by atoms with van der Waals surface area (Å²) in [4.78, 5) is 2.51. The minimum atomic E-state index is -0.194. The summed E-state index contributed by atoms with van der Waals surface area (Å²) in [5.74, 6) is 0.374. The van der Waals surface area contributed by atoms with E-state index in [4.69, 9.17) is 4.74 Å². The van der Waals surface area contributed by atoms with Crippen molar-refractivity contribution in [1.29, 1.82) is 0 Å². The quantitative estimate of drug-likeness (QED) is 0.867. The van der Waals surface area contributed by atoms with E-state index in [0.717, 1.165) is 25.9 Å². The van der Waals surface area contributed by atoms with E-state index < -0.39 is 0 Å². The predicted octanol–water partition coefficient (Wildman–Crippen LogP) is 2.80. The Morgan fingerprint density at radius 1 is 1.35 bits per heavy atom. The zero-order valence-corrected chi connectivity index (χ0v) is 12.5. The molecule has 3 nitrogen and oxygen atoms in total. The normalized spacial score (nSPS) is 17.4. The Balaban J connectivity index is 1.78. The predicted molar refractivity (Wildman–Crippen MR) is 79.5 cm³/mol. The van der Waals surface area contributed by atoms with E-state index >= 15 is 0 Å². The van der Waals surface area contributed by atoms with Gasteiger partial charge in [-0.05, 0) is 45.0 Å². The van der Waals surface area contributed by atoms with Crippen LogP contribution in [-0.4, -0.2) is 37.7 Å². The van der Waals surface area contributed by atoms with Crippen LogP contribution in [0.1, 0.15) is 31.7 Å². The average molecular weight is 280 g/mol. The molecule has 1 aromatic carbocycles. The Bertz CT molecular complexity index is 417. The van der Waals surface area contributed by atoms with E-state index in [2.05, 4.69) is 17.1 Å². The number of benzene rings is 1. The molecule has 1 aliphatic rings. The highest BCUT2D eigenvalue weighted by Gasteiger charge is 2.18. The van der Waals surface area contributed by atoms with Crippen molar-refractivity contribution in [3.8, 4) is 5.75 Å². The lowest BCUT2D eigenvalue weighted by molar-refractivity contribution is 0.197. The Hall–Kier alpha value is -1.13. The van der Waals surface area contributed by atoms with Crippen LogP contribution >= 0.6 is 0 Å². The molecule has 1 aromatic rings. The smallest absolute Gasteiger partial charge is 0.131 e. The Kier molecular flexibility index (Phi) is 5.80. The summed E-state index contributed by atoms with van der Waals surface area (Å²) >= 11 is 0. The second-order valence-electron chi connectivity index (χ2n) is 5.45. The molecule has 1 aliphatic heterocycles. The van der Waals surface area contributed by atoms with Crippen molar-refractivity contribution in [2.45, 2.75) is 38.8 Å². The van der Waals surface area contributed by atoms with Gasteiger partial charge in [0.1, 0.15) is 11.6 Å². The van der Waals surface area contributed by atoms with Gasteiger partial charge in [-0.3, -0.25) is 0 Å². The molecule has 0 aromatic heterocycles. The molecular formula is C16H25FN2O. The summed E-state index contributed by atoms with van der Waals surface area (Å²) in [6.45, 7) is 6.30. The number of methoxy groups -OCH3 is 1. The van der Waals surface area contributed by atoms with Gasteiger partial charge in [0, 0.05) is 24.2 Å². The Morgan fingerprint density at radius 3 is 2.70 bits per heavy atom. The van der Waals surface area contributed by atoms with Crippen molar-refractivity contribution >= 4 is 0 Å². The molecule has 1 N–H and O–H groups in total. The number of hydrogen-bond acceptors (Lipinski definition) is 3. The lowest BCUT2D eigenvalue weighted by atomic mass is 10.0. The van der Waals surface area contributed by atoms with Crippen molar-refractivity contribution < 1.29 is 9.13 Å². The third kappa shape index (κ3) is 4.18. The zero-order valence-electron chi connectivity index (χ0n) is 12.5. The molecule has 0 bridgehead atoms. The molecule has 1 saturated heterocycles. The minimum absolute atomic E-state index is 0.194. The van der Waals surface area contributed by atoms with Crippen LogP contribution in [0.4, 0.5) is 4.39 Å². The van der Waals surface area contributed by atoms with Gasteiger partial charge in [0.2, 0.25) is 0 Å². The number of piperidine rings is 1. The van der Waals surface area contributed by atoms with Gasteiger partial charge >= 0.3 is 0 Å². The van der Waals surface area contributed by atoms with Crippen molar-refractivity contribution in [1.82, 2.24) is 10.2 Å². The minimum Gasteiger partial charge on any atom is -0.497 e. The number of nitrogens with zero attached hydrogens (tertiary/aromatic N) is 1. The Labute approximate surface area is 121 Å². The van der Waals surface area contributed by atoms with Crippen LogP contribution < -0.4 is 10.1 Å². The van der Waals surface area contributed by atoms with Crippen LogP contribution in [0.3, 0.4) is 0 Å². The topological polar surface area (TPSA) is 24.5 Å². The maximum absolute atomic E-state index is 13.8. The number of rotatable bonds is 6. The highest BCUT2D eigenvalue weighted by Crippen LogP contribution is 2.17. The summed E-state index contributed by atoms with van der Waals surface area (Å²) in [7, 11) is 1.55. The SMILES string of the molecule is CCCN1CCC(NCc2ccc(OC)cc2F)CC1. The maximum atomic E-state index is 13.8. The van der Waals surface area contributed by atoms with E-state index in [-0.39, 0.29) is 5.82 Å². The third-order valence-corrected chi connectivity index (χ3v) is 3.97. The number of nitrogens with one attached hydrogen (secondary N) is 1. The van der Waals surface area contributed by atoms with E-state index in [1.54, 1.807) is 13.2 Å². The molecule has 0 atom stereocenters. The van der Waals surface area contributed by atoms with Crippen LogP contribution in [0, 0.1) is 5.82 Å². The van der Waals surface area contributed by atoms with Gasteiger partial charge in [-0.1, -0.05) is 13.0 Å². The lowest BCUT2D eigenvalue weighted by Crippen LogP contribution is -2.42. The van der Waals surface area contributed by atoms with Crippen molar-refractivity contribution in [2.75, 3.05) is 26.7 Å². The first-order valence-corrected chi connectivity index (χ1v) is 7.51. The van der Waals surface area contributed by atoms with Crippen molar-refractivity contribution in [2.24, 2.45) is 0 Å². The first kappa shape index (κ1) is 15.3. The number of hydrogen-bond donors (Lipinski definition) is 1. The zero-order chi connectivity index (χ0) is 14.4. The highest BCUT2D eigenvalue weighted by atomic mass is 19.1. The van der Waals surface area contributed by atoms with Gasteiger partial charge in [-0.2, -0.15) is 0 Å². The van der Waals surface area contributed by atoms with Gasteiger partial charge in [0.25, 0.3) is 0 Å². The van der Waals surface area contributed by atoms with E-state index in [9.17, 15) is 4.39 Å². The van der Waals surface area contributed by atoms with Gasteiger partial charge < -0.3 is 15.0 Å². The molecular weight excluding hydrogens is 255 g/mol. The van der Waals surface area contributed by atoms with Crippen LogP contribution in [0.2, 0.25) is 0 Å². The van der Waals surface area contributed by atoms with E-state index in [0.29, 0.717) is 23.9 Å². The lowest BCUT2D eigenvalue weighted by Gasteiger charge is -2.32. The number of likely N-dealkylation sites (tertiary alicyclic amines) is 1. The fraction of sp³-hybridized carbons (Fsp3) is 0.625. The van der Waals surface area contributed by atoms with Gasteiger partial charge in [-0.25, -0.2) is 4.39 Å². The molecule has 0 aliphatic carbocycles. The maximum Gasteiger partial charge on any atom is 0.131 e. The summed E-state index contributed by atoms with van der Waals surface area (Å²) in [5, 5.41) is 3.47.